The third-order valence-electron chi connectivity index (χ3n) is 5.14. The molecular weight excluding hydrogens is 509 g/mol. The molecule has 8 nitrogen and oxygen atoms in total. The minimum atomic E-state index is 0. The molecular formula is C22H32IN5O3. The summed E-state index contributed by atoms with van der Waals surface area (Å²) in [4.78, 5) is 11.0. The average Bonchev–Trinajstić information content (AvgIpc) is 2.82. The van der Waals surface area contributed by atoms with Crippen LogP contribution in [0, 0.1) is 0 Å². The molecule has 170 valence electrons. The number of halogens is 1. The molecule has 1 aliphatic heterocycles. The lowest BCUT2D eigenvalue weighted by atomic mass is 10.0. The average molecular weight is 541 g/mol. The van der Waals surface area contributed by atoms with Gasteiger partial charge in [-0.25, -0.2) is 4.98 Å². The fourth-order valence-electron chi connectivity index (χ4n) is 3.44. The normalized spacial score (nSPS) is 15.5. The first-order chi connectivity index (χ1) is 14.7. The summed E-state index contributed by atoms with van der Waals surface area (Å²) in [6.07, 6.45) is 1.74. The van der Waals surface area contributed by atoms with Gasteiger partial charge in [0.05, 0.1) is 33.5 Å². The van der Waals surface area contributed by atoms with E-state index in [9.17, 15) is 0 Å². The number of benzene rings is 1. The van der Waals surface area contributed by atoms with E-state index in [2.05, 4.69) is 37.6 Å². The highest BCUT2D eigenvalue weighted by atomic mass is 127. The minimum Gasteiger partial charge on any atom is -0.497 e. The molecule has 2 aromatic rings. The Balaban J connectivity index is 0.00000341. The fourth-order valence-corrected chi connectivity index (χ4v) is 3.44. The lowest BCUT2D eigenvalue weighted by Crippen LogP contribution is -2.46. The molecule has 0 amide bonds. The number of pyridine rings is 1. The van der Waals surface area contributed by atoms with Crippen molar-refractivity contribution in [2.45, 2.75) is 12.6 Å². The molecule has 1 unspecified atom stereocenters. The van der Waals surface area contributed by atoms with Gasteiger partial charge in [0.2, 0.25) is 5.88 Å². The first-order valence-electron chi connectivity index (χ1n) is 10.1. The van der Waals surface area contributed by atoms with Gasteiger partial charge in [-0.3, -0.25) is 9.89 Å². The summed E-state index contributed by atoms with van der Waals surface area (Å²) in [6, 6.07) is 12.3. The van der Waals surface area contributed by atoms with Gasteiger partial charge in [0.25, 0.3) is 0 Å². The van der Waals surface area contributed by atoms with Gasteiger partial charge in [0.15, 0.2) is 5.96 Å². The maximum Gasteiger partial charge on any atom is 0.213 e. The van der Waals surface area contributed by atoms with Crippen LogP contribution in [0.2, 0.25) is 0 Å². The van der Waals surface area contributed by atoms with Crippen LogP contribution in [0.5, 0.6) is 11.6 Å². The Hall–Kier alpha value is -2.11. The van der Waals surface area contributed by atoms with E-state index in [4.69, 9.17) is 14.2 Å². The number of aromatic nitrogens is 1. The van der Waals surface area contributed by atoms with Crippen LogP contribution in [-0.4, -0.2) is 70.0 Å². The topological polar surface area (TPSA) is 80.2 Å². The summed E-state index contributed by atoms with van der Waals surface area (Å²) in [5.74, 6) is 2.21. The second kappa shape index (κ2) is 13.3. The third-order valence-corrected chi connectivity index (χ3v) is 5.14. The second-order valence-corrected chi connectivity index (χ2v) is 6.95. The van der Waals surface area contributed by atoms with Crippen molar-refractivity contribution >= 4 is 29.9 Å². The van der Waals surface area contributed by atoms with E-state index in [-0.39, 0.29) is 30.0 Å². The lowest BCUT2D eigenvalue weighted by molar-refractivity contribution is 0.0170. The molecule has 2 N–H and O–H groups in total. The number of rotatable bonds is 8. The zero-order valence-corrected chi connectivity index (χ0v) is 20.7. The number of ether oxygens (including phenoxy) is 3. The number of guanidine groups is 1. The van der Waals surface area contributed by atoms with Crippen LogP contribution >= 0.6 is 24.0 Å². The summed E-state index contributed by atoms with van der Waals surface area (Å²) < 4.78 is 16.0. The number of aliphatic imine (C=N–C) groups is 1. The van der Waals surface area contributed by atoms with Crippen LogP contribution in [-0.2, 0) is 11.3 Å². The minimum absolute atomic E-state index is 0. The zero-order chi connectivity index (χ0) is 21.2. The number of morpholine rings is 1. The van der Waals surface area contributed by atoms with Crippen molar-refractivity contribution in [3.05, 3.63) is 53.7 Å². The maximum absolute atomic E-state index is 5.54. The highest BCUT2D eigenvalue weighted by Crippen LogP contribution is 2.23. The predicted octanol–water partition coefficient (Wildman–Crippen LogP) is 2.46. The summed E-state index contributed by atoms with van der Waals surface area (Å²) in [5, 5.41) is 6.83. The molecule has 1 aromatic heterocycles. The van der Waals surface area contributed by atoms with Crippen LogP contribution in [0.25, 0.3) is 0 Å². The molecule has 1 saturated heterocycles. The van der Waals surface area contributed by atoms with Crippen molar-refractivity contribution < 1.29 is 14.2 Å². The van der Waals surface area contributed by atoms with Crippen LogP contribution in [0.4, 0.5) is 0 Å². The van der Waals surface area contributed by atoms with E-state index in [1.165, 1.54) is 5.56 Å². The molecule has 1 aliphatic rings. The quantitative estimate of drug-likeness (QED) is 0.302. The van der Waals surface area contributed by atoms with Crippen molar-refractivity contribution in [3.63, 3.8) is 0 Å². The Kier molecular flexibility index (Phi) is 10.8. The Morgan fingerprint density at radius 1 is 1.13 bits per heavy atom. The number of methoxy groups -OCH3 is 2. The maximum atomic E-state index is 5.54. The highest BCUT2D eigenvalue weighted by molar-refractivity contribution is 14.0. The first-order valence-corrected chi connectivity index (χ1v) is 10.1. The third kappa shape index (κ3) is 7.51. The molecule has 0 aliphatic carbocycles. The standard InChI is InChI=1S/C22H31N5O3.HI/c1-23-22(25-15-17-8-9-24-21(14-17)29-3)26-16-20(27-10-12-30-13-11-27)18-4-6-19(28-2)7-5-18;/h4-9,14,20H,10-13,15-16H2,1-3H3,(H2,23,25,26);1H. The molecule has 0 bridgehead atoms. The molecule has 1 fully saturated rings. The fraction of sp³-hybridized carbons (Fsp3) is 0.455. The smallest absolute Gasteiger partial charge is 0.213 e. The number of hydrogen-bond donors (Lipinski definition) is 2. The molecule has 0 saturated carbocycles. The Labute approximate surface area is 201 Å². The lowest BCUT2D eigenvalue weighted by Gasteiger charge is -2.35. The van der Waals surface area contributed by atoms with E-state index in [1.54, 1.807) is 27.5 Å². The molecule has 3 rings (SSSR count). The second-order valence-electron chi connectivity index (χ2n) is 6.95. The van der Waals surface area contributed by atoms with Gasteiger partial charge in [-0.05, 0) is 29.3 Å². The molecule has 2 heterocycles. The van der Waals surface area contributed by atoms with Gasteiger partial charge in [-0.15, -0.1) is 24.0 Å². The molecule has 1 atom stereocenters. The van der Waals surface area contributed by atoms with Crippen LogP contribution < -0.4 is 20.1 Å². The summed E-state index contributed by atoms with van der Waals surface area (Å²) in [5.41, 5.74) is 2.31. The zero-order valence-electron chi connectivity index (χ0n) is 18.3. The molecule has 0 spiro atoms. The first kappa shape index (κ1) is 25.2. The van der Waals surface area contributed by atoms with Crippen LogP contribution in [0.15, 0.2) is 47.6 Å². The van der Waals surface area contributed by atoms with Crippen LogP contribution in [0.1, 0.15) is 17.2 Å². The number of nitrogens with zero attached hydrogens (tertiary/aromatic N) is 3. The van der Waals surface area contributed by atoms with Crippen molar-refractivity contribution in [1.29, 1.82) is 0 Å². The molecule has 1 aromatic carbocycles. The van der Waals surface area contributed by atoms with Gasteiger partial charge in [0, 0.05) is 45.5 Å². The van der Waals surface area contributed by atoms with Crippen LogP contribution in [0.3, 0.4) is 0 Å². The number of nitrogens with one attached hydrogen (secondary N) is 2. The van der Waals surface area contributed by atoms with Gasteiger partial charge in [0.1, 0.15) is 5.75 Å². The SMILES string of the molecule is CN=C(NCc1ccnc(OC)c1)NCC(c1ccc(OC)cc1)N1CCOCC1.I. The highest BCUT2D eigenvalue weighted by Gasteiger charge is 2.23. The van der Waals surface area contributed by atoms with E-state index in [1.807, 2.05) is 24.3 Å². The van der Waals surface area contributed by atoms with E-state index < -0.39 is 0 Å². The largest absolute Gasteiger partial charge is 0.497 e. The molecule has 0 radical (unpaired) electrons. The molecule has 31 heavy (non-hydrogen) atoms. The summed E-state index contributed by atoms with van der Waals surface area (Å²) >= 11 is 0. The summed E-state index contributed by atoms with van der Waals surface area (Å²) in [6.45, 7) is 4.67. The van der Waals surface area contributed by atoms with Crippen molar-refractivity contribution in [2.75, 3.05) is 54.1 Å². The van der Waals surface area contributed by atoms with Gasteiger partial charge >= 0.3 is 0 Å². The predicted molar refractivity (Wildman–Crippen MR) is 133 cm³/mol. The Morgan fingerprint density at radius 2 is 1.87 bits per heavy atom. The van der Waals surface area contributed by atoms with Crippen molar-refractivity contribution in [1.82, 2.24) is 20.5 Å². The van der Waals surface area contributed by atoms with Gasteiger partial charge in [-0.2, -0.15) is 0 Å². The molecule has 9 heteroatoms. The van der Waals surface area contributed by atoms with Crippen molar-refractivity contribution in [2.24, 2.45) is 4.99 Å². The van der Waals surface area contributed by atoms with E-state index in [0.717, 1.165) is 50.1 Å². The van der Waals surface area contributed by atoms with Gasteiger partial charge in [-0.1, -0.05) is 12.1 Å². The van der Waals surface area contributed by atoms with Crippen molar-refractivity contribution in [3.8, 4) is 11.6 Å². The monoisotopic (exact) mass is 541 g/mol. The van der Waals surface area contributed by atoms with E-state index >= 15 is 0 Å². The van der Waals surface area contributed by atoms with E-state index in [0.29, 0.717) is 12.4 Å². The Morgan fingerprint density at radius 3 is 2.52 bits per heavy atom. The van der Waals surface area contributed by atoms with Gasteiger partial charge < -0.3 is 24.8 Å². The number of hydrogen-bond acceptors (Lipinski definition) is 6. The Bertz CT molecular complexity index is 813. The summed E-state index contributed by atoms with van der Waals surface area (Å²) in [7, 11) is 5.08.